The highest BCUT2D eigenvalue weighted by Gasteiger charge is 2.54. The second kappa shape index (κ2) is 5.76. The molecule has 1 spiro atoms. The molecular weight excluding hydrogens is 324 g/mol. The van der Waals surface area contributed by atoms with Crippen molar-refractivity contribution in [1.29, 1.82) is 0 Å². The highest BCUT2D eigenvalue weighted by molar-refractivity contribution is 6.34. The maximum Gasteiger partial charge on any atom is 0.256 e. The maximum absolute atomic E-state index is 13.2. The van der Waals surface area contributed by atoms with Crippen LogP contribution in [0.2, 0.25) is 5.02 Å². The Balaban J connectivity index is 1.68. The number of rotatable bonds is 2. The van der Waals surface area contributed by atoms with Gasteiger partial charge in [-0.3, -0.25) is 9.59 Å². The van der Waals surface area contributed by atoms with Gasteiger partial charge in [-0.05, 0) is 57.6 Å². The minimum absolute atomic E-state index is 0.0906. The summed E-state index contributed by atoms with van der Waals surface area (Å²) >= 11 is 6.28. The molecule has 2 amide bonds. The minimum Gasteiger partial charge on any atom is -0.338 e. The fraction of sp³-hybridized carbons (Fsp3) is 0.579. The largest absolute Gasteiger partial charge is 0.338 e. The highest BCUT2D eigenvalue weighted by Crippen LogP contribution is 2.42. The Morgan fingerprint density at radius 1 is 1.21 bits per heavy atom. The number of piperidine rings is 1. The van der Waals surface area contributed by atoms with Crippen LogP contribution in [-0.2, 0) is 4.79 Å². The third kappa shape index (κ3) is 2.43. The van der Waals surface area contributed by atoms with Crippen molar-refractivity contribution in [2.75, 3.05) is 13.1 Å². The molecule has 24 heavy (non-hydrogen) atoms. The van der Waals surface area contributed by atoms with Gasteiger partial charge in [-0.25, -0.2) is 0 Å². The van der Waals surface area contributed by atoms with E-state index in [1.54, 1.807) is 6.07 Å². The average Bonchev–Trinajstić information content (AvgIpc) is 3.32. The highest BCUT2D eigenvalue weighted by atomic mass is 35.5. The molecule has 2 saturated heterocycles. The van der Waals surface area contributed by atoms with Gasteiger partial charge in [0.1, 0.15) is 5.54 Å². The number of likely N-dealkylation sites (tertiary alicyclic amines) is 2. The monoisotopic (exact) mass is 346 g/mol. The van der Waals surface area contributed by atoms with E-state index in [9.17, 15) is 9.59 Å². The van der Waals surface area contributed by atoms with Crippen LogP contribution in [0, 0.1) is 6.92 Å². The van der Waals surface area contributed by atoms with Crippen LogP contribution in [0.15, 0.2) is 18.2 Å². The number of amides is 2. The Morgan fingerprint density at radius 3 is 2.62 bits per heavy atom. The molecule has 5 heteroatoms. The second-order valence-electron chi connectivity index (χ2n) is 7.41. The zero-order valence-electron chi connectivity index (χ0n) is 14.1. The van der Waals surface area contributed by atoms with Crippen molar-refractivity contribution in [3.63, 3.8) is 0 Å². The van der Waals surface area contributed by atoms with Crippen LogP contribution in [-0.4, -0.2) is 46.3 Å². The summed E-state index contributed by atoms with van der Waals surface area (Å²) in [4.78, 5) is 30.3. The van der Waals surface area contributed by atoms with E-state index in [-0.39, 0.29) is 11.8 Å². The predicted octanol–water partition coefficient (Wildman–Crippen LogP) is 3.41. The van der Waals surface area contributed by atoms with Gasteiger partial charge in [0.15, 0.2) is 0 Å². The molecule has 3 fully saturated rings. The molecule has 1 aliphatic carbocycles. The molecule has 1 saturated carbocycles. The van der Waals surface area contributed by atoms with Crippen LogP contribution in [0.25, 0.3) is 0 Å². The molecule has 1 unspecified atom stereocenters. The topological polar surface area (TPSA) is 40.6 Å². The minimum atomic E-state index is -0.634. The van der Waals surface area contributed by atoms with Crippen LogP contribution >= 0.6 is 11.6 Å². The van der Waals surface area contributed by atoms with Gasteiger partial charge in [0.25, 0.3) is 5.91 Å². The lowest BCUT2D eigenvalue weighted by Gasteiger charge is -2.44. The van der Waals surface area contributed by atoms with Gasteiger partial charge in [-0.15, -0.1) is 0 Å². The normalized spacial score (nSPS) is 27.2. The van der Waals surface area contributed by atoms with Crippen LogP contribution in [0.3, 0.4) is 0 Å². The van der Waals surface area contributed by atoms with Gasteiger partial charge in [0.05, 0.1) is 10.6 Å². The van der Waals surface area contributed by atoms with Crippen LogP contribution in [0.5, 0.6) is 0 Å². The van der Waals surface area contributed by atoms with Crippen LogP contribution in [0.1, 0.15) is 54.4 Å². The molecule has 0 aromatic heterocycles. The van der Waals surface area contributed by atoms with Crippen molar-refractivity contribution in [1.82, 2.24) is 9.80 Å². The number of hydrogen-bond acceptors (Lipinski definition) is 2. The zero-order chi connectivity index (χ0) is 16.9. The summed E-state index contributed by atoms with van der Waals surface area (Å²) < 4.78 is 0. The van der Waals surface area contributed by atoms with Crippen molar-refractivity contribution in [2.24, 2.45) is 0 Å². The van der Waals surface area contributed by atoms with Gasteiger partial charge in [0.2, 0.25) is 5.91 Å². The number of carbonyl (C=O) groups is 2. The Bertz CT molecular complexity index is 701. The number of benzene rings is 1. The lowest BCUT2D eigenvalue weighted by Crippen LogP contribution is -2.61. The van der Waals surface area contributed by atoms with Gasteiger partial charge in [0, 0.05) is 19.1 Å². The van der Waals surface area contributed by atoms with Gasteiger partial charge in [-0.1, -0.05) is 23.2 Å². The maximum atomic E-state index is 13.2. The van der Waals surface area contributed by atoms with E-state index in [0.29, 0.717) is 23.2 Å². The molecular formula is C19H23ClN2O2. The summed E-state index contributed by atoms with van der Waals surface area (Å²) in [5, 5.41) is 0.468. The van der Waals surface area contributed by atoms with Gasteiger partial charge in [-0.2, -0.15) is 0 Å². The number of halogens is 1. The summed E-state index contributed by atoms with van der Waals surface area (Å²) in [6, 6.07) is 5.92. The van der Waals surface area contributed by atoms with Crippen LogP contribution in [0.4, 0.5) is 0 Å². The second-order valence-corrected chi connectivity index (χ2v) is 7.82. The quantitative estimate of drug-likeness (QED) is 0.823. The third-order valence-electron chi connectivity index (χ3n) is 5.72. The number of hydrogen-bond donors (Lipinski definition) is 0. The SMILES string of the molecule is Cc1ccc(Cl)c(C(=O)N2CCCC23CCCN(C2CC2)C3=O)c1. The fourth-order valence-corrected chi connectivity index (χ4v) is 4.56. The Morgan fingerprint density at radius 2 is 1.92 bits per heavy atom. The molecule has 4 rings (SSSR count). The standard InChI is InChI=1S/C19H23ClN2O2/c1-13-4-7-16(20)15(12-13)17(23)22-11-3-9-19(22)8-2-10-21(18(19)24)14-5-6-14/h4,7,12,14H,2-3,5-6,8-11H2,1H3. The first-order chi connectivity index (χ1) is 11.5. The molecule has 1 aromatic rings. The summed E-state index contributed by atoms with van der Waals surface area (Å²) in [6.45, 7) is 3.44. The summed E-state index contributed by atoms with van der Waals surface area (Å²) in [7, 11) is 0. The van der Waals surface area contributed by atoms with Gasteiger partial charge < -0.3 is 9.80 Å². The van der Waals surface area contributed by atoms with E-state index >= 15 is 0 Å². The first kappa shape index (κ1) is 15.9. The van der Waals surface area contributed by atoms with Crippen molar-refractivity contribution in [3.8, 4) is 0 Å². The molecule has 0 N–H and O–H groups in total. The van der Waals surface area contributed by atoms with Crippen molar-refractivity contribution < 1.29 is 9.59 Å². The fourth-order valence-electron chi connectivity index (χ4n) is 4.36. The third-order valence-corrected chi connectivity index (χ3v) is 6.05. The lowest BCUT2D eigenvalue weighted by atomic mass is 9.85. The van der Waals surface area contributed by atoms with E-state index in [0.717, 1.165) is 50.6 Å². The lowest BCUT2D eigenvalue weighted by molar-refractivity contribution is -0.146. The Hall–Kier alpha value is -1.55. The van der Waals surface area contributed by atoms with E-state index in [4.69, 9.17) is 11.6 Å². The molecule has 1 aromatic carbocycles. The molecule has 0 radical (unpaired) electrons. The first-order valence-corrected chi connectivity index (χ1v) is 9.30. The van der Waals surface area contributed by atoms with E-state index in [2.05, 4.69) is 0 Å². The Labute approximate surface area is 147 Å². The average molecular weight is 347 g/mol. The molecule has 2 heterocycles. The van der Waals surface area contributed by atoms with E-state index in [1.165, 1.54) is 0 Å². The smallest absolute Gasteiger partial charge is 0.256 e. The van der Waals surface area contributed by atoms with Crippen molar-refractivity contribution >= 4 is 23.4 Å². The van der Waals surface area contributed by atoms with Crippen molar-refractivity contribution in [3.05, 3.63) is 34.3 Å². The number of carbonyl (C=O) groups excluding carboxylic acids is 2. The zero-order valence-corrected chi connectivity index (χ0v) is 14.8. The molecule has 1 atom stereocenters. The van der Waals surface area contributed by atoms with Gasteiger partial charge >= 0.3 is 0 Å². The molecule has 2 aliphatic heterocycles. The molecule has 0 bridgehead atoms. The van der Waals surface area contributed by atoms with E-state index < -0.39 is 5.54 Å². The molecule has 128 valence electrons. The van der Waals surface area contributed by atoms with E-state index in [1.807, 2.05) is 28.9 Å². The number of aryl methyl sites for hydroxylation is 1. The predicted molar refractivity (Wildman–Crippen MR) is 93.2 cm³/mol. The van der Waals surface area contributed by atoms with Crippen LogP contribution < -0.4 is 0 Å². The Kier molecular flexibility index (Phi) is 3.83. The molecule has 4 nitrogen and oxygen atoms in total. The number of nitrogens with zero attached hydrogens (tertiary/aromatic N) is 2. The van der Waals surface area contributed by atoms with Crippen molar-refractivity contribution in [2.45, 2.75) is 57.0 Å². The molecule has 3 aliphatic rings. The summed E-state index contributed by atoms with van der Waals surface area (Å²) in [5.41, 5.74) is 0.894. The first-order valence-electron chi connectivity index (χ1n) is 8.92. The summed E-state index contributed by atoms with van der Waals surface area (Å²) in [6.07, 6.45) is 5.65. The summed E-state index contributed by atoms with van der Waals surface area (Å²) in [5.74, 6) is 0.0815.